The predicted molar refractivity (Wildman–Crippen MR) is 81.9 cm³/mol. The minimum atomic E-state index is -0.431. The maximum absolute atomic E-state index is 11.0. The highest BCUT2D eigenvalue weighted by Crippen LogP contribution is 2.35. The van der Waals surface area contributed by atoms with Crippen molar-refractivity contribution in [2.45, 2.75) is 13.8 Å². The smallest absolute Gasteiger partial charge is 0.275 e. The Hall–Kier alpha value is -2.63. The molecule has 0 bridgehead atoms. The van der Waals surface area contributed by atoms with Crippen molar-refractivity contribution in [2.75, 3.05) is 19.5 Å². The molecule has 6 nitrogen and oxygen atoms in total. The molecule has 6 heteroatoms. The predicted octanol–water partition coefficient (Wildman–Crippen LogP) is 3.32. The van der Waals surface area contributed by atoms with Crippen LogP contribution in [0, 0.1) is 24.0 Å². The van der Waals surface area contributed by atoms with Crippen molar-refractivity contribution in [1.29, 1.82) is 0 Å². The van der Waals surface area contributed by atoms with Crippen LogP contribution in [-0.4, -0.2) is 24.1 Å². The number of nitrogens with one attached hydrogen (secondary N) is 1. The van der Waals surface area contributed by atoms with Crippen molar-refractivity contribution >= 4 is 11.5 Å². The van der Waals surface area contributed by atoms with Crippen LogP contribution < -0.4 is 10.1 Å². The van der Waals surface area contributed by atoms with Crippen molar-refractivity contribution in [3.8, 4) is 17.0 Å². The van der Waals surface area contributed by atoms with Gasteiger partial charge in [-0.2, -0.15) is 0 Å². The lowest BCUT2D eigenvalue weighted by Gasteiger charge is -2.13. The first-order valence-corrected chi connectivity index (χ1v) is 6.46. The first-order chi connectivity index (χ1) is 9.97. The number of benzene rings is 1. The molecule has 0 saturated carbocycles. The Balaban J connectivity index is 2.69. The van der Waals surface area contributed by atoms with Crippen molar-refractivity contribution in [3.05, 3.63) is 45.5 Å². The van der Waals surface area contributed by atoms with E-state index in [0.29, 0.717) is 17.3 Å². The van der Waals surface area contributed by atoms with Crippen LogP contribution in [0.5, 0.6) is 5.75 Å². The molecule has 1 heterocycles. The highest BCUT2D eigenvalue weighted by molar-refractivity contribution is 5.73. The van der Waals surface area contributed by atoms with Crippen molar-refractivity contribution in [2.24, 2.45) is 0 Å². The number of hydrogen-bond donors (Lipinski definition) is 1. The van der Waals surface area contributed by atoms with Gasteiger partial charge in [0.2, 0.25) is 0 Å². The van der Waals surface area contributed by atoms with E-state index < -0.39 is 4.92 Å². The third-order valence-electron chi connectivity index (χ3n) is 3.43. The molecular formula is C15H17N3O3. The van der Waals surface area contributed by atoms with Gasteiger partial charge in [0.15, 0.2) is 0 Å². The summed E-state index contributed by atoms with van der Waals surface area (Å²) in [5, 5.41) is 13.9. The first kappa shape index (κ1) is 14.8. The minimum Gasteiger partial charge on any atom is -0.496 e. The summed E-state index contributed by atoms with van der Waals surface area (Å²) in [6.45, 7) is 3.94. The fourth-order valence-electron chi connectivity index (χ4n) is 2.14. The third kappa shape index (κ3) is 2.79. The van der Waals surface area contributed by atoms with Crippen LogP contribution in [0.25, 0.3) is 11.3 Å². The number of nitrogens with zero attached hydrogens (tertiary/aromatic N) is 2. The average molecular weight is 287 g/mol. The van der Waals surface area contributed by atoms with Gasteiger partial charge in [-0.1, -0.05) is 6.07 Å². The second-order valence-corrected chi connectivity index (χ2v) is 4.69. The number of pyridine rings is 1. The van der Waals surface area contributed by atoms with E-state index in [4.69, 9.17) is 4.74 Å². The van der Waals surface area contributed by atoms with Gasteiger partial charge in [-0.25, -0.2) is 4.98 Å². The van der Waals surface area contributed by atoms with Crippen LogP contribution in [0.2, 0.25) is 0 Å². The zero-order chi connectivity index (χ0) is 15.6. The van der Waals surface area contributed by atoms with Crippen LogP contribution in [0.15, 0.2) is 24.3 Å². The summed E-state index contributed by atoms with van der Waals surface area (Å²) in [6.07, 6.45) is 0. The zero-order valence-electron chi connectivity index (χ0n) is 12.4. The van der Waals surface area contributed by atoms with Gasteiger partial charge in [0.25, 0.3) is 5.69 Å². The molecule has 1 aromatic carbocycles. The molecule has 0 unspecified atom stereocenters. The summed E-state index contributed by atoms with van der Waals surface area (Å²) >= 11 is 0. The summed E-state index contributed by atoms with van der Waals surface area (Å²) in [4.78, 5) is 15.0. The van der Waals surface area contributed by atoms with Crippen LogP contribution in [-0.2, 0) is 0 Å². The number of nitro groups is 1. The Morgan fingerprint density at radius 1 is 1.29 bits per heavy atom. The zero-order valence-corrected chi connectivity index (χ0v) is 12.4. The maximum atomic E-state index is 11.0. The second-order valence-electron chi connectivity index (χ2n) is 4.69. The molecule has 0 radical (unpaired) electrons. The second kappa shape index (κ2) is 5.78. The largest absolute Gasteiger partial charge is 0.496 e. The standard InChI is InChI=1S/C15H17N3O3/c1-9-5-6-12(15(21-4)10(9)2)13-7-11(18(19)20)8-14(16-3)17-13/h5-8H,1-4H3,(H,16,17). The highest BCUT2D eigenvalue weighted by Gasteiger charge is 2.16. The molecule has 1 N–H and O–H groups in total. The quantitative estimate of drug-likeness (QED) is 0.689. The lowest BCUT2D eigenvalue weighted by atomic mass is 10.0. The Bertz CT molecular complexity index is 699. The van der Waals surface area contributed by atoms with Crippen molar-refractivity contribution in [1.82, 2.24) is 4.98 Å². The molecule has 0 saturated heterocycles. The topological polar surface area (TPSA) is 77.3 Å². The third-order valence-corrected chi connectivity index (χ3v) is 3.43. The number of hydrogen-bond acceptors (Lipinski definition) is 5. The van der Waals surface area contributed by atoms with Gasteiger partial charge in [0, 0.05) is 18.7 Å². The van der Waals surface area contributed by atoms with Gasteiger partial charge in [-0.05, 0) is 31.0 Å². The number of aromatic nitrogens is 1. The minimum absolute atomic E-state index is 0.00960. The number of anilines is 1. The van der Waals surface area contributed by atoms with Crippen LogP contribution in [0.3, 0.4) is 0 Å². The molecule has 0 fully saturated rings. The lowest BCUT2D eigenvalue weighted by molar-refractivity contribution is -0.384. The molecule has 0 aliphatic rings. The van der Waals surface area contributed by atoms with Gasteiger partial charge < -0.3 is 10.1 Å². The number of methoxy groups -OCH3 is 1. The molecule has 110 valence electrons. The number of aryl methyl sites for hydroxylation is 1. The molecule has 0 aliphatic heterocycles. The lowest BCUT2D eigenvalue weighted by Crippen LogP contribution is -2.00. The maximum Gasteiger partial charge on any atom is 0.275 e. The number of ether oxygens (including phenoxy) is 1. The van der Waals surface area contributed by atoms with Crippen LogP contribution >= 0.6 is 0 Å². The van der Waals surface area contributed by atoms with E-state index in [9.17, 15) is 10.1 Å². The highest BCUT2D eigenvalue weighted by atomic mass is 16.6. The Kier molecular flexibility index (Phi) is 4.07. The van der Waals surface area contributed by atoms with E-state index >= 15 is 0 Å². The normalized spacial score (nSPS) is 10.3. The van der Waals surface area contributed by atoms with Gasteiger partial charge in [-0.15, -0.1) is 0 Å². The molecule has 0 aliphatic carbocycles. The fraction of sp³-hybridized carbons (Fsp3) is 0.267. The summed E-state index contributed by atoms with van der Waals surface area (Å²) in [6, 6.07) is 6.67. The van der Waals surface area contributed by atoms with E-state index in [0.717, 1.165) is 16.7 Å². The molecule has 2 aromatic rings. The summed E-state index contributed by atoms with van der Waals surface area (Å²) in [5.41, 5.74) is 3.32. The van der Waals surface area contributed by atoms with Crippen molar-refractivity contribution in [3.63, 3.8) is 0 Å². The summed E-state index contributed by atoms with van der Waals surface area (Å²) < 4.78 is 5.45. The van der Waals surface area contributed by atoms with Crippen LogP contribution in [0.4, 0.5) is 11.5 Å². The van der Waals surface area contributed by atoms with E-state index in [1.54, 1.807) is 14.2 Å². The van der Waals surface area contributed by atoms with Crippen LogP contribution in [0.1, 0.15) is 11.1 Å². The van der Waals surface area contributed by atoms with Gasteiger partial charge in [-0.3, -0.25) is 10.1 Å². The summed E-state index contributed by atoms with van der Waals surface area (Å²) in [7, 11) is 3.26. The van der Waals surface area contributed by atoms with Gasteiger partial charge >= 0.3 is 0 Å². The van der Waals surface area contributed by atoms with E-state index in [2.05, 4.69) is 10.3 Å². The molecule has 1 aromatic heterocycles. The molecule has 0 spiro atoms. The van der Waals surface area contributed by atoms with E-state index in [1.165, 1.54) is 12.1 Å². The fourth-order valence-corrected chi connectivity index (χ4v) is 2.14. The monoisotopic (exact) mass is 287 g/mol. The van der Waals surface area contributed by atoms with Gasteiger partial charge in [0.05, 0.1) is 23.8 Å². The summed E-state index contributed by atoms with van der Waals surface area (Å²) in [5.74, 6) is 1.13. The molecule has 2 rings (SSSR count). The molecule has 0 atom stereocenters. The molecular weight excluding hydrogens is 270 g/mol. The molecule has 0 amide bonds. The average Bonchev–Trinajstić information content (AvgIpc) is 2.49. The SMILES string of the molecule is CNc1cc([N+](=O)[O-])cc(-c2ccc(C)c(C)c2OC)n1. The Morgan fingerprint density at radius 2 is 2.00 bits per heavy atom. The Morgan fingerprint density at radius 3 is 2.57 bits per heavy atom. The number of rotatable bonds is 4. The van der Waals surface area contributed by atoms with Gasteiger partial charge in [0.1, 0.15) is 11.6 Å². The molecule has 21 heavy (non-hydrogen) atoms. The van der Waals surface area contributed by atoms with E-state index in [-0.39, 0.29) is 5.69 Å². The Labute approximate surface area is 122 Å². The van der Waals surface area contributed by atoms with E-state index in [1.807, 2.05) is 26.0 Å². The van der Waals surface area contributed by atoms with Crippen molar-refractivity contribution < 1.29 is 9.66 Å². The first-order valence-electron chi connectivity index (χ1n) is 6.46.